The molecule has 2 aromatic rings. The molecule has 1 aliphatic heterocycles. The first-order valence-electron chi connectivity index (χ1n) is 10.0. The Morgan fingerprint density at radius 2 is 1.96 bits per heavy atom. The fourth-order valence-electron chi connectivity index (χ4n) is 4.87. The molecule has 1 amide bonds. The summed E-state index contributed by atoms with van der Waals surface area (Å²) in [7, 11) is 0. The van der Waals surface area contributed by atoms with Gasteiger partial charge in [0.05, 0.1) is 18.3 Å². The fourth-order valence-corrected chi connectivity index (χ4v) is 4.87. The third kappa shape index (κ3) is 3.53. The Balaban J connectivity index is 1.45. The molecule has 2 atom stereocenters. The van der Waals surface area contributed by atoms with Crippen molar-refractivity contribution in [3.63, 3.8) is 0 Å². The number of hydrogen-bond acceptors (Lipinski definition) is 3. The first-order chi connectivity index (χ1) is 13.0. The maximum absolute atomic E-state index is 13.0. The lowest BCUT2D eigenvalue weighted by Crippen LogP contribution is -2.49. The molecular formula is C22H29N3O2. The van der Waals surface area contributed by atoms with Crippen LogP contribution in [0, 0.1) is 19.3 Å². The van der Waals surface area contributed by atoms with Gasteiger partial charge in [0.25, 0.3) is 5.91 Å². The summed E-state index contributed by atoms with van der Waals surface area (Å²) >= 11 is 0. The normalized spacial score (nSPS) is 25.3. The van der Waals surface area contributed by atoms with E-state index in [1.165, 1.54) is 0 Å². The topological polar surface area (TPSA) is 58.4 Å². The van der Waals surface area contributed by atoms with E-state index in [0.717, 1.165) is 61.2 Å². The van der Waals surface area contributed by atoms with Gasteiger partial charge in [-0.2, -0.15) is 5.10 Å². The summed E-state index contributed by atoms with van der Waals surface area (Å²) < 4.78 is 1.99. The van der Waals surface area contributed by atoms with Crippen molar-refractivity contribution in [2.24, 2.45) is 5.41 Å². The van der Waals surface area contributed by atoms with Crippen LogP contribution in [0.4, 0.5) is 0 Å². The number of hydrogen-bond donors (Lipinski definition) is 1. The number of rotatable bonds is 3. The second-order valence-electron chi connectivity index (χ2n) is 8.38. The predicted octanol–water partition coefficient (Wildman–Crippen LogP) is 3.32. The van der Waals surface area contributed by atoms with E-state index in [2.05, 4.69) is 18.1 Å². The molecule has 5 nitrogen and oxygen atoms in total. The van der Waals surface area contributed by atoms with Crippen LogP contribution >= 0.6 is 0 Å². The van der Waals surface area contributed by atoms with Crippen LogP contribution in [0.3, 0.4) is 0 Å². The van der Waals surface area contributed by atoms with Crippen LogP contribution in [0.2, 0.25) is 0 Å². The number of aliphatic hydroxyl groups is 1. The molecule has 4 rings (SSSR count). The molecule has 0 bridgehead atoms. The molecule has 1 aliphatic carbocycles. The second kappa shape index (κ2) is 7.12. The lowest BCUT2D eigenvalue weighted by molar-refractivity contribution is -0.00535. The highest BCUT2D eigenvalue weighted by atomic mass is 16.3. The predicted molar refractivity (Wildman–Crippen MR) is 105 cm³/mol. The van der Waals surface area contributed by atoms with Gasteiger partial charge in [0, 0.05) is 29.8 Å². The van der Waals surface area contributed by atoms with Crippen molar-refractivity contribution in [2.45, 2.75) is 58.6 Å². The SMILES string of the molecule is Cc1cc(C)n(Cc2ccc(C(=O)N3CCC[C@]4(CCC[C@H]4O)C3)cc2)n1. The molecule has 27 heavy (non-hydrogen) atoms. The largest absolute Gasteiger partial charge is 0.392 e. The average Bonchev–Trinajstić information content (AvgIpc) is 3.16. The molecule has 1 saturated carbocycles. The van der Waals surface area contributed by atoms with Crippen molar-refractivity contribution >= 4 is 5.91 Å². The third-order valence-electron chi connectivity index (χ3n) is 6.39. The maximum Gasteiger partial charge on any atom is 0.253 e. The van der Waals surface area contributed by atoms with Crippen LogP contribution in [-0.4, -0.2) is 44.9 Å². The van der Waals surface area contributed by atoms with Crippen LogP contribution in [-0.2, 0) is 6.54 Å². The Kier molecular flexibility index (Phi) is 4.81. The standard InChI is InChI=1S/C22H29N3O2/c1-16-13-17(2)25(23-16)14-18-6-8-19(9-7-18)21(27)24-12-4-11-22(15-24)10-3-5-20(22)26/h6-9,13,20,26H,3-5,10-12,14-15H2,1-2H3/t20-,22-/m1/s1. The Bertz CT molecular complexity index is 827. The van der Waals surface area contributed by atoms with Gasteiger partial charge in [-0.15, -0.1) is 0 Å². The zero-order chi connectivity index (χ0) is 19.0. The average molecular weight is 367 g/mol. The lowest BCUT2D eigenvalue weighted by Gasteiger charge is -2.42. The van der Waals surface area contributed by atoms with Crippen molar-refractivity contribution in [3.05, 3.63) is 52.8 Å². The lowest BCUT2D eigenvalue weighted by atomic mass is 9.76. The van der Waals surface area contributed by atoms with Gasteiger partial charge in [0.15, 0.2) is 0 Å². The molecule has 1 N–H and O–H groups in total. The van der Waals surface area contributed by atoms with Crippen LogP contribution in [0.15, 0.2) is 30.3 Å². The minimum atomic E-state index is -0.253. The first-order valence-corrected chi connectivity index (χ1v) is 10.0. The monoisotopic (exact) mass is 367 g/mol. The quantitative estimate of drug-likeness (QED) is 0.905. The van der Waals surface area contributed by atoms with Crippen molar-refractivity contribution in [3.8, 4) is 0 Å². The third-order valence-corrected chi connectivity index (χ3v) is 6.39. The van der Waals surface area contributed by atoms with Crippen molar-refractivity contribution in [2.75, 3.05) is 13.1 Å². The number of carbonyl (C=O) groups is 1. The van der Waals surface area contributed by atoms with Gasteiger partial charge >= 0.3 is 0 Å². The van der Waals surface area contributed by atoms with Crippen LogP contribution in [0.25, 0.3) is 0 Å². The molecule has 1 aromatic heterocycles. The van der Waals surface area contributed by atoms with Crippen LogP contribution < -0.4 is 0 Å². The number of nitrogens with zero attached hydrogens (tertiary/aromatic N) is 3. The van der Waals surface area contributed by atoms with Gasteiger partial charge in [0.1, 0.15) is 0 Å². The highest BCUT2D eigenvalue weighted by Gasteiger charge is 2.45. The fraction of sp³-hybridized carbons (Fsp3) is 0.545. The minimum Gasteiger partial charge on any atom is -0.392 e. The van der Waals surface area contributed by atoms with Crippen LogP contribution in [0.5, 0.6) is 0 Å². The molecule has 1 spiro atoms. The molecule has 0 unspecified atom stereocenters. The summed E-state index contributed by atoms with van der Waals surface area (Å²) in [6.07, 6.45) is 4.77. The summed E-state index contributed by atoms with van der Waals surface area (Å²) in [5.41, 5.74) is 3.97. The molecule has 144 valence electrons. The zero-order valence-corrected chi connectivity index (χ0v) is 16.3. The first kappa shape index (κ1) is 18.2. The highest BCUT2D eigenvalue weighted by molar-refractivity contribution is 5.94. The van der Waals surface area contributed by atoms with E-state index in [-0.39, 0.29) is 17.4 Å². The summed E-state index contributed by atoms with van der Waals surface area (Å²) in [5, 5.41) is 14.9. The molecule has 2 fully saturated rings. The van der Waals surface area contributed by atoms with Gasteiger partial charge in [-0.1, -0.05) is 18.6 Å². The zero-order valence-electron chi connectivity index (χ0n) is 16.3. The molecule has 1 saturated heterocycles. The smallest absolute Gasteiger partial charge is 0.253 e. The number of piperidine rings is 1. The van der Waals surface area contributed by atoms with Gasteiger partial charge in [-0.05, 0) is 63.3 Å². The van der Waals surface area contributed by atoms with E-state index in [9.17, 15) is 9.90 Å². The van der Waals surface area contributed by atoms with Crippen molar-refractivity contribution < 1.29 is 9.90 Å². The minimum absolute atomic E-state index is 0.0661. The Labute approximate surface area is 161 Å². The maximum atomic E-state index is 13.0. The molecule has 5 heteroatoms. The molecule has 1 aromatic carbocycles. The summed E-state index contributed by atoms with van der Waals surface area (Å²) in [5.74, 6) is 0.0887. The Morgan fingerprint density at radius 1 is 1.22 bits per heavy atom. The molecule has 0 radical (unpaired) electrons. The summed E-state index contributed by atoms with van der Waals surface area (Å²) in [4.78, 5) is 15.0. The number of aromatic nitrogens is 2. The Hall–Kier alpha value is -2.14. The van der Waals surface area contributed by atoms with E-state index in [1.54, 1.807) is 0 Å². The number of amides is 1. The molecule has 2 heterocycles. The molecular weight excluding hydrogens is 338 g/mol. The van der Waals surface area contributed by atoms with Crippen molar-refractivity contribution in [1.82, 2.24) is 14.7 Å². The highest BCUT2D eigenvalue weighted by Crippen LogP contribution is 2.45. The van der Waals surface area contributed by atoms with E-state index in [1.807, 2.05) is 40.8 Å². The van der Waals surface area contributed by atoms with Gasteiger partial charge in [-0.25, -0.2) is 0 Å². The Morgan fingerprint density at radius 3 is 2.59 bits per heavy atom. The summed E-state index contributed by atoms with van der Waals surface area (Å²) in [6, 6.07) is 9.97. The van der Waals surface area contributed by atoms with Crippen molar-refractivity contribution in [1.29, 1.82) is 0 Å². The second-order valence-corrected chi connectivity index (χ2v) is 8.38. The van der Waals surface area contributed by atoms with E-state index < -0.39 is 0 Å². The molecule has 2 aliphatic rings. The summed E-state index contributed by atoms with van der Waals surface area (Å²) in [6.45, 7) is 6.26. The number of benzene rings is 1. The van der Waals surface area contributed by atoms with Gasteiger partial charge < -0.3 is 10.0 Å². The van der Waals surface area contributed by atoms with Gasteiger partial charge in [0.2, 0.25) is 0 Å². The number of likely N-dealkylation sites (tertiary alicyclic amines) is 1. The van der Waals surface area contributed by atoms with E-state index in [0.29, 0.717) is 13.1 Å². The van der Waals surface area contributed by atoms with E-state index in [4.69, 9.17) is 0 Å². The van der Waals surface area contributed by atoms with Crippen LogP contribution in [0.1, 0.15) is 59.4 Å². The number of carbonyl (C=O) groups excluding carboxylic acids is 1. The van der Waals surface area contributed by atoms with E-state index >= 15 is 0 Å². The van der Waals surface area contributed by atoms with Gasteiger partial charge in [-0.3, -0.25) is 9.48 Å². The number of aryl methyl sites for hydroxylation is 2. The number of aliphatic hydroxyl groups excluding tert-OH is 1.